The molecule has 1 aromatic heterocycles. The molecule has 2 heterocycles. The van der Waals surface area contributed by atoms with Gasteiger partial charge in [0.2, 0.25) is 0 Å². The zero-order valence-corrected chi connectivity index (χ0v) is 11.9. The maximum atomic E-state index is 5.57. The fraction of sp³-hybridized carbons (Fsp3) is 0.818. The van der Waals surface area contributed by atoms with Crippen LogP contribution in [0.2, 0.25) is 0 Å². The third kappa shape index (κ3) is 3.91. The number of rotatable bonds is 5. The monoisotopic (exact) mass is 273 g/mol. The maximum Gasteiger partial charge on any atom is 0.174 e. The smallest absolute Gasteiger partial charge is 0.174 e. The standard InChI is InChI=1S/C11H19N3OS2/c1-3-5-12-9-4-6-15-7-10(9)17-11-14-13-8(2)16-11/h9-10,12H,3-7H2,1-2H3. The maximum absolute atomic E-state index is 5.57. The van der Waals surface area contributed by atoms with Gasteiger partial charge in [-0.3, -0.25) is 0 Å². The van der Waals surface area contributed by atoms with Crippen LogP contribution in [-0.2, 0) is 4.74 Å². The van der Waals surface area contributed by atoms with Gasteiger partial charge in [-0.2, -0.15) is 0 Å². The van der Waals surface area contributed by atoms with Gasteiger partial charge < -0.3 is 10.1 Å². The minimum Gasteiger partial charge on any atom is -0.380 e. The van der Waals surface area contributed by atoms with E-state index in [9.17, 15) is 0 Å². The first-order chi connectivity index (χ1) is 8.29. The lowest BCUT2D eigenvalue weighted by Gasteiger charge is -2.31. The molecule has 2 atom stereocenters. The Morgan fingerprint density at radius 1 is 1.53 bits per heavy atom. The minimum atomic E-state index is 0.461. The molecule has 0 aliphatic carbocycles. The van der Waals surface area contributed by atoms with E-state index in [0.29, 0.717) is 11.3 Å². The van der Waals surface area contributed by atoms with Crippen molar-refractivity contribution in [2.75, 3.05) is 19.8 Å². The normalized spacial score (nSPS) is 25.1. The Hall–Kier alpha value is -0.170. The Labute approximate surface area is 111 Å². The SMILES string of the molecule is CCCNC1CCOCC1Sc1nnc(C)s1. The van der Waals surface area contributed by atoms with E-state index in [1.54, 1.807) is 23.1 Å². The molecule has 17 heavy (non-hydrogen) atoms. The zero-order chi connectivity index (χ0) is 12.1. The van der Waals surface area contributed by atoms with Crippen molar-refractivity contribution >= 4 is 23.1 Å². The van der Waals surface area contributed by atoms with Crippen molar-refractivity contribution in [3.05, 3.63) is 5.01 Å². The molecule has 2 unspecified atom stereocenters. The van der Waals surface area contributed by atoms with Crippen LogP contribution in [-0.4, -0.2) is 41.2 Å². The van der Waals surface area contributed by atoms with E-state index in [1.807, 2.05) is 6.92 Å². The second kappa shape index (κ2) is 6.68. The van der Waals surface area contributed by atoms with Crippen molar-refractivity contribution in [3.63, 3.8) is 0 Å². The van der Waals surface area contributed by atoms with Gasteiger partial charge in [0.15, 0.2) is 4.34 Å². The Bertz CT molecular complexity index is 345. The molecule has 4 nitrogen and oxygen atoms in total. The highest BCUT2D eigenvalue weighted by atomic mass is 32.2. The van der Waals surface area contributed by atoms with E-state index in [2.05, 4.69) is 22.4 Å². The van der Waals surface area contributed by atoms with Crippen molar-refractivity contribution in [2.45, 2.75) is 42.3 Å². The van der Waals surface area contributed by atoms with Crippen LogP contribution < -0.4 is 5.32 Å². The van der Waals surface area contributed by atoms with Crippen LogP contribution in [0.4, 0.5) is 0 Å². The van der Waals surface area contributed by atoms with Crippen molar-refractivity contribution < 1.29 is 4.74 Å². The Morgan fingerprint density at radius 3 is 3.12 bits per heavy atom. The largest absolute Gasteiger partial charge is 0.380 e. The number of hydrogen-bond acceptors (Lipinski definition) is 6. The number of ether oxygens (including phenoxy) is 1. The summed E-state index contributed by atoms with van der Waals surface area (Å²) in [5.41, 5.74) is 0. The van der Waals surface area contributed by atoms with E-state index < -0.39 is 0 Å². The summed E-state index contributed by atoms with van der Waals surface area (Å²) in [6.45, 7) is 6.95. The number of hydrogen-bond donors (Lipinski definition) is 1. The molecule has 6 heteroatoms. The van der Waals surface area contributed by atoms with Crippen LogP contribution in [0.25, 0.3) is 0 Å². The van der Waals surface area contributed by atoms with Crippen LogP contribution in [0.5, 0.6) is 0 Å². The third-order valence-corrected chi connectivity index (χ3v) is 4.94. The van der Waals surface area contributed by atoms with Gasteiger partial charge in [0.25, 0.3) is 0 Å². The van der Waals surface area contributed by atoms with E-state index in [0.717, 1.165) is 35.5 Å². The van der Waals surface area contributed by atoms with Gasteiger partial charge in [-0.15, -0.1) is 10.2 Å². The topological polar surface area (TPSA) is 47.0 Å². The van der Waals surface area contributed by atoms with Gasteiger partial charge in [-0.25, -0.2) is 0 Å². The van der Waals surface area contributed by atoms with Crippen molar-refractivity contribution in [1.82, 2.24) is 15.5 Å². The van der Waals surface area contributed by atoms with Gasteiger partial charge in [0, 0.05) is 12.6 Å². The van der Waals surface area contributed by atoms with Crippen LogP contribution in [0.15, 0.2) is 4.34 Å². The van der Waals surface area contributed by atoms with Gasteiger partial charge in [0.05, 0.1) is 11.9 Å². The van der Waals surface area contributed by atoms with E-state index >= 15 is 0 Å². The highest BCUT2D eigenvalue weighted by Gasteiger charge is 2.27. The average molecular weight is 273 g/mol. The number of aryl methyl sites for hydroxylation is 1. The minimum absolute atomic E-state index is 0.461. The zero-order valence-electron chi connectivity index (χ0n) is 10.3. The number of nitrogens with one attached hydrogen (secondary N) is 1. The lowest BCUT2D eigenvalue weighted by Crippen LogP contribution is -2.45. The van der Waals surface area contributed by atoms with Gasteiger partial charge in [0.1, 0.15) is 5.01 Å². The first-order valence-corrected chi connectivity index (χ1v) is 7.77. The molecule has 1 fully saturated rings. The first kappa shape index (κ1) is 13.3. The molecule has 0 bridgehead atoms. The predicted molar refractivity (Wildman–Crippen MR) is 71.8 cm³/mol. The Kier molecular flexibility index (Phi) is 5.21. The number of nitrogens with zero attached hydrogens (tertiary/aromatic N) is 2. The molecule has 0 aromatic carbocycles. The molecule has 1 saturated heterocycles. The summed E-state index contributed by atoms with van der Waals surface area (Å²) >= 11 is 3.47. The molecular formula is C11H19N3OS2. The quantitative estimate of drug-likeness (QED) is 0.890. The summed E-state index contributed by atoms with van der Waals surface area (Å²) in [5.74, 6) is 0. The summed E-state index contributed by atoms with van der Waals surface area (Å²) in [4.78, 5) is 0. The molecule has 0 amide bonds. The molecule has 0 saturated carbocycles. The van der Waals surface area contributed by atoms with E-state index in [4.69, 9.17) is 4.74 Å². The fourth-order valence-corrected chi connectivity index (χ4v) is 4.10. The van der Waals surface area contributed by atoms with Crippen molar-refractivity contribution in [3.8, 4) is 0 Å². The molecule has 1 N–H and O–H groups in total. The molecule has 0 spiro atoms. The van der Waals surface area contributed by atoms with Gasteiger partial charge in [-0.05, 0) is 26.3 Å². The lowest BCUT2D eigenvalue weighted by molar-refractivity contribution is 0.0833. The summed E-state index contributed by atoms with van der Waals surface area (Å²) in [6.07, 6.45) is 2.27. The third-order valence-electron chi connectivity index (χ3n) is 2.72. The summed E-state index contributed by atoms with van der Waals surface area (Å²) in [7, 11) is 0. The molecule has 1 aliphatic heterocycles. The van der Waals surface area contributed by atoms with Crippen molar-refractivity contribution in [2.24, 2.45) is 0 Å². The van der Waals surface area contributed by atoms with Crippen LogP contribution >= 0.6 is 23.1 Å². The fourth-order valence-electron chi connectivity index (χ4n) is 1.85. The molecule has 1 aromatic rings. The van der Waals surface area contributed by atoms with E-state index in [-0.39, 0.29) is 0 Å². The predicted octanol–water partition coefficient (Wildman–Crippen LogP) is 2.10. The molecule has 2 rings (SSSR count). The molecule has 1 aliphatic rings. The van der Waals surface area contributed by atoms with Crippen LogP contribution in [0, 0.1) is 6.92 Å². The number of thioether (sulfide) groups is 1. The second-order valence-corrected chi connectivity index (χ2v) is 6.84. The first-order valence-electron chi connectivity index (χ1n) is 6.07. The van der Waals surface area contributed by atoms with Crippen molar-refractivity contribution in [1.29, 1.82) is 0 Å². The van der Waals surface area contributed by atoms with Gasteiger partial charge >= 0.3 is 0 Å². The van der Waals surface area contributed by atoms with Gasteiger partial charge in [-0.1, -0.05) is 30.0 Å². The highest BCUT2D eigenvalue weighted by molar-refractivity contribution is 8.01. The molecular weight excluding hydrogens is 254 g/mol. The average Bonchev–Trinajstić information content (AvgIpc) is 2.74. The number of aromatic nitrogens is 2. The highest BCUT2D eigenvalue weighted by Crippen LogP contribution is 2.30. The second-order valence-electron chi connectivity index (χ2n) is 4.17. The summed E-state index contributed by atoms with van der Waals surface area (Å²) in [5, 5.41) is 13.3. The lowest BCUT2D eigenvalue weighted by atomic mass is 10.1. The van der Waals surface area contributed by atoms with E-state index in [1.165, 1.54) is 6.42 Å². The Balaban J connectivity index is 1.91. The molecule has 96 valence electrons. The Morgan fingerprint density at radius 2 is 2.41 bits per heavy atom. The summed E-state index contributed by atoms with van der Waals surface area (Å²) in [6, 6.07) is 0.540. The molecule has 0 radical (unpaired) electrons. The van der Waals surface area contributed by atoms with Crippen LogP contribution in [0.1, 0.15) is 24.8 Å². The summed E-state index contributed by atoms with van der Waals surface area (Å²) < 4.78 is 6.62. The van der Waals surface area contributed by atoms with Crippen LogP contribution in [0.3, 0.4) is 0 Å².